The topological polar surface area (TPSA) is 29.3 Å². The van der Waals surface area contributed by atoms with Crippen LogP contribution in [0.5, 0.6) is 0 Å². The summed E-state index contributed by atoms with van der Waals surface area (Å²) in [5, 5.41) is 5.30. The molecule has 1 aromatic carbocycles. The molecule has 1 aliphatic heterocycles. The van der Waals surface area contributed by atoms with Crippen LogP contribution in [0.15, 0.2) is 35.4 Å². The molecule has 2 heterocycles. The standard InChI is InChI=1S/C10H9N3/c1-2-4-10-8(3-1)5-9-6-11-12-7-13(9)10/h1-5,7,11H,6H2. The molecular formula is C10H9N3. The van der Waals surface area contributed by atoms with Gasteiger partial charge < -0.3 is 9.99 Å². The van der Waals surface area contributed by atoms with Gasteiger partial charge in [0.05, 0.1) is 12.1 Å². The lowest BCUT2D eigenvalue weighted by molar-refractivity contribution is 0.695. The number of benzene rings is 1. The van der Waals surface area contributed by atoms with E-state index in [0.29, 0.717) is 0 Å². The minimum Gasteiger partial charge on any atom is -0.303 e. The van der Waals surface area contributed by atoms with Gasteiger partial charge in [0.25, 0.3) is 0 Å². The normalized spacial score (nSPS) is 14.2. The summed E-state index contributed by atoms with van der Waals surface area (Å²) in [6.07, 6.45) is 1.82. The number of nitrogens with one attached hydrogen (secondary N) is 1. The molecule has 0 saturated carbocycles. The third kappa shape index (κ3) is 0.869. The van der Waals surface area contributed by atoms with Gasteiger partial charge in [0, 0.05) is 11.1 Å². The molecule has 1 N–H and O–H groups in total. The summed E-state index contributed by atoms with van der Waals surface area (Å²) in [5.41, 5.74) is 5.44. The zero-order valence-electron chi connectivity index (χ0n) is 7.07. The maximum atomic E-state index is 4.03. The van der Waals surface area contributed by atoms with Crippen LogP contribution in [0, 0.1) is 0 Å². The number of aromatic nitrogens is 1. The summed E-state index contributed by atoms with van der Waals surface area (Å²) >= 11 is 0. The highest BCUT2D eigenvalue weighted by atomic mass is 15.3. The average molecular weight is 171 g/mol. The number of rotatable bonds is 0. The Morgan fingerprint density at radius 1 is 1.31 bits per heavy atom. The summed E-state index contributed by atoms with van der Waals surface area (Å²) in [5.74, 6) is 0. The predicted octanol–water partition coefficient (Wildman–Crippen LogP) is 1.54. The summed E-state index contributed by atoms with van der Waals surface area (Å²) in [6, 6.07) is 10.5. The Morgan fingerprint density at radius 2 is 2.23 bits per heavy atom. The summed E-state index contributed by atoms with van der Waals surface area (Å²) in [4.78, 5) is 0. The third-order valence-corrected chi connectivity index (χ3v) is 2.35. The van der Waals surface area contributed by atoms with E-state index in [1.807, 2.05) is 12.4 Å². The highest BCUT2D eigenvalue weighted by Gasteiger charge is 2.08. The Kier molecular flexibility index (Phi) is 1.22. The highest BCUT2D eigenvalue weighted by molar-refractivity contribution is 5.87. The number of nitrogens with zero attached hydrogens (tertiary/aromatic N) is 2. The second-order valence-corrected chi connectivity index (χ2v) is 3.14. The van der Waals surface area contributed by atoms with Crippen molar-refractivity contribution in [3.8, 4) is 0 Å². The van der Waals surface area contributed by atoms with Gasteiger partial charge in [-0.15, -0.1) is 0 Å². The van der Waals surface area contributed by atoms with E-state index in [-0.39, 0.29) is 0 Å². The Morgan fingerprint density at radius 3 is 3.23 bits per heavy atom. The predicted molar refractivity (Wildman–Crippen MR) is 52.7 cm³/mol. The zero-order valence-corrected chi connectivity index (χ0v) is 7.07. The van der Waals surface area contributed by atoms with Gasteiger partial charge in [-0.25, -0.2) is 0 Å². The van der Waals surface area contributed by atoms with E-state index in [1.54, 1.807) is 0 Å². The van der Waals surface area contributed by atoms with Crippen molar-refractivity contribution in [1.82, 2.24) is 9.99 Å². The molecule has 0 bridgehead atoms. The SMILES string of the molecule is C1=NNCc2cc3ccccc3n21. The van der Waals surface area contributed by atoms with Crippen LogP contribution in [-0.2, 0) is 6.54 Å². The van der Waals surface area contributed by atoms with Crippen molar-refractivity contribution in [2.24, 2.45) is 5.10 Å². The van der Waals surface area contributed by atoms with E-state index in [2.05, 4.69) is 39.4 Å². The molecule has 3 rings (SSSR count). The minimum atomic E-state index is 0.811. The van der Waals surface area contributed by atoms with Crippen LogP contribution < -0.4 is 5.43 Å². The molecule has 1 aliphatic rings. The van der Waals surface area contributed by atoms with Crippen LogP contribution in [0.3, 0.4) is 0 Å². The van der Waals surface area contributed by atoms with Crippen LogP contribution in [-0.4, -0.2) is 10.9 Å². The van der Waals surface area contributed by atoms with Crippen molar-refractivity contribution < 1.29 is 0 Å². The molecule has 0 saturated heterocycles. The van der Waals surface area contributed by atoms with Crippen LogP contribution in [0.2, 0.25) is 0 Å². The van der Waals surface area contributed by atoms with Crippen LogP contribution in [0.25, 0.3) is 10.9 Å². The smallest absolute Gasteiger partial charge is 0.120 e. The van der Waals surface area contributed by atoms with Crippen molar-refractivity contribution in [2.75, 3.05) is 0 Å². The maximum Gasteiger partial charge on any atom is 0.120 e. The van der Waals surface area contributed by atoms with Crippen LogP contribution in [0.1, 0.15) is 5.69 Å². The first kappa shape index (κ1) is 6.71. The zero-order chi connectivity index (χ0) is 8.67. The first-order chi connectivity index (χ1) is 6.45. The number of hydrogen-bond acceptors (Lipinski definition) is 2. The van der Waals surface area contributed by atoms with Gasteiger partial charge >= 0.3 is 0 Å². The first-order valence-corrected chi connectivity index (χ1v) is 4.30. The van der Waals surface area contributed by atoms with E-state index >= 15 is 0 Å². The van der Waals surface area contributed by atoms with Crippen molar-refractivity contribution in [2.45, 2.75) is 6.54 Å². The lowest BCUT2D eigenvalue weighted by atomic mass is 10.2. The van der Waals surface area contributed by atoms with E-state index in [9.17, 15) is 0 Å². The molecule has 0 unspecified atom stereocenters. The van der Waals surface area contributed by atoms with E-state index in [4.69, 9.17) is 0 Å². The summed E-state index contributed by atoms with van der Waals surface area (Å²) < 4.78 is 2.12. The van der Waals surface area contributed by atoms with Gasteiger partial charge in [-0.2, -0.15) is 5.10 Å². The molecule has 0 radical (unpaired) electrons. The number of para-hydroxylation sites is 1. The first-order valence-electron chi connectivity index (χ1n) is 4.30. The van der Waals surface area contributed by atoms with Crippen molar-refractivity contribution in [1.29, 1.82) is 0 Å². The second kappa shape index (κ2) is 2.36. The molecule has 0 aliphatic carbocycles. The number of hydrazone groups is 1. The van der Waals surface area contributed by atoms with E-state index in [1.165, 1.54) is 16.6 Å². The molecule has 0 fully saturated rings. The average Bonchev–Trinajstić information content (AvgIpc) is 2.56. The third-order valence-electron chi connectivity index (χ3n) is 2.35. The molecule has 0 atom stereocenters. The molecule has 3 nitrogen and oxygen atoms in total. The van der Waals surface area contributed by atoms with Gasteiger partial charge in [-0.1, -0.05) is 18.2 Å². The lowest BCUT2D eigenvalue weighted by Crippen LogP contribution is -2.17. The number of hydrogen-bond donors (Lipinski definition) is 1. The molecule has 1 aromatic heterocycles. The summed E-state index contributed by atoms with van der Waals surface area (Å²) in [6.45, 7) is 0.811. The Bertz CT molecular complexity index is 482. The molecular weight excluding hydrogens is 162 g/mol. The largest absolute Gasteiger partial charge is 0.303 e. The van der Waals surface area contributed by atoms with E-state index in [0.717, 1.165) is 6.54 Å². The molecule has 2 aromatic rings. The Labute approximate surface area is 75.7 Å². The van der Waals surface area contributed by atoms with Crippen molar-refractivity contribution in [3.05, 3.63) is 36.0 Å². The molecule has 0 amide bonds. The minimum absolute atomic E-state index is 0.811. The molecule has 3 heteroatoms. The monoisotopic (exact) mass is 171 g/mol. The van der Waals surface area contributed by atoms with Gasteiger partial charge in [0.15, 0.2) is 0 Å². The Hall–Kier alpha value is -1.77. The van der Waals surface area contributed by atoms with Crippen LogP contribution in [0.4, 0.5) is 0 Å². The van der Waals surface area contributed by atoms with Gasteiger partial charge in [-0.05, 0) is 12.1 Å². The van der Waals surface area contributed by atoms with Crippen molar-refractivity contribution in [3.63, 3.8) is 0 Å². The molecule has 13 heavy (non-hydrogen) atoms. The number of fused-ring (bicyclic) bond motifs is 3. The Balaban J connectivity index is 2.42. The van der Waals surface area contributed by atoms with Gasteiger partial charge in [0.1, 0.15) is 6.34 Å². The highest BCUT2D eigenvalue weighted by Crippen LogP contribution is 2.19. The maximum absolute atomic E-state index is 4.03. The van der Waals surface area contributed by atoms with Gasteiger partial charge in [0.2, 0.25) is 0 Å². The lowest BCUT2D eigenvalue weighted by Gasteiger charge is -2.09. The fourth-order valence-electron chi connectivity index (χ4n) is 1.73. The quantitative estimate of drug-likeness (QED) is 0.640. The molecule has 64 valence electrons. The fraction of sp³-hybridized carbons (Fsp3) is 0.100. The molecule has 0 spiro atoms. The second-order valence-electron chi connectivity index (χ2n) is 3.14. The summed E-state index contributed by atoms with van der Waals surface area (Å²) in [7, 11) is 0. The van der Waals surface area contributed by atoms with Crippen molar-refractivity contribution >= 4 is 17.2 Å². The van der Waals surface area contributed by atoms with Gasteiger partial charge in [-0.3, -0.25) is 0 Å². The fourth-order valence-corrected chi connectivity index (χ4v) is 1.73. The van der Waals surface area contributed by atoms with E-state index < -0.39 is 0 Å². The van der Waals surface area contributed by atoms with Crippen LogP contribution >= 0.6 is 0 Å².